The van der Waals surface area contributed by atoms with Gasteiger partial charge in [-0.3, -0.25) is 14.0 Å². The first-order chi connectivity index (χ1) is 16.3. The molecule has 2 aromatic carbocycles. The van der Waals surface area contributed by atoms with Crippen LogP contribution >= 0.6 is 0 Å². The molecule has 4 rings (SSSR count). The number of aromatic amines is 1. The summed E-state index contributed by atoms with van der Waals surface area (Å²) in [6, 6.07) is 16.9. The van der Waals surface area contributed by atoms with Gasteiger partial charge in [0, 0.05) is 55.9 Å². The van der Waals surface area contributed by atoms with Crippen molar-refractivity contribution in [2.45, 2.75) is 6.54 Å². The number of rotatable bonds is 4. The molecule has 1 aliphatic heterocycles. The summed E-state index contributed by atoms with van der Waals surface area (Å²) in [5.41, 5.74) is 3.33. The minimum absolute atomic E-state index is 0.184. The highest BCUT2D eigenvalue weighted by Gasteiger charge is 2.18. The van der Waals surface area contributed by atoms with Crippen LogP contribution in [0.1, 0.15) is 5.69 Å². The molecule has 13 heteroatoms. The quantitative estimate of drug-likeness (QED) is 0.435. The third kappa shape index (κ3) is 12.4. The van der Waals surface area contributed by atoms with Crippen molar-refractivity contribution >= 4 is 25.9 Å². The summed E-state index contributed by atoms with van der Waals surface area (Å²) in [4.78, 5) is 12.6. The fourth-order valence-electron chi connectivity index (χ4n) is 3.24. The second-order valence-corrected chi connectivity index (χ2v) is 10.8. The second-order valence-electron chi connectivity index (χ2n) is 7.83. The molecule has 2 heterocycles. The summed E-state index contributed by atoms with van der Waals surface area (Å²) in [6.45, 7) is 4.74. The number of nitrogens with one attached hydrogen (secondary N) is 1. The molecule has 1 aliphatic rings. The van der Waals surface area contributed by atoms with E-state index in [0.717, 1.165) is 55.5 Å². The summed E-state index contributed by atoms with van der Waals surface area (Å²) in [5.74, 6) is 0.733. The number of aromatic nitrogens is 2. The maximum Gasteiger partial charge on any atom is 0.261 e. The Kier molecular flexibility index (Phi) is 10.3. The molecule has 1 saturated heterocycles. The maximum absolute atomic E-state index is 13.0. The molecule has 0 aliphatic carbocycles. The Labute approximate surface area is 204 Å². The molecule has 0 unspecified atom stereocenters. The first kappa shape index (κ1) is 28.4. The van der Waals surface area contributed by atoms with Crippen LogP contribution in [0, 0.1) is 5.82 Å². The van der Waals surface area contributed by atoms with Crippen molar-refractivity contribution in [1.29, 1.82) is 0 Å². The molecule has 3 N–H and O–H groups in total. The molecule has 0 spiro atoms. The Balaban J connectivity index is 0.000000368. The topological polar surface area (TPSA) is 144 Å². The third-order valence-electron chi connectivity index (χ3n) is 4.63. The molecule has 0 amide bonds. The zero-order valence-electron chi connectivity index (χ0n) is 19.4. The number of hydrogen-bond acceptors (Lipinski definition) is 7. The summed E-state index contributed by atoms with van der Waals surface area (Å²) in [6.07, 6.45) is 3.36. The van der Waals surface area contributed by atoms with E-state index in [0.29, 0.717) is 12.5 Å². The number of benzene rings is 2. The normalized spacial score (nSPS) is 14.4. The lowest BCUT2D eigenvalue weighted by atomic mass is 10.2. The van der Waals surface area contributed by atoms with Gasteiger partial charge >= 0.3 is 0 Å². The number of imidazole rings is 1. The summed E-state index contributed by atoms with van der Waals surface area (Å²) >= 11 is 0. The van der Waals surface area contributed by atoms with E-state index in [1.54, 1.807) is 0 Å². The van der Waals surface area contributed by atoms with Crippen LogP contribution in [0.3, 0.4) is 0 Å². The van der Waals surface area contributed by atoms with Gasteiger partial charge in [-0.2, -0.15) is 16.8 Å². The fraction of sp³-hybridized carbons (Fsp3) is 0.318. The van der Waals surface area contributed by atoms with Gasteiger partial charge in [-0.15, -0.1) is 0 Å². The Morgan fingerprint density at radius 2 is 1.40 bits per heavy atom. The molecule has 192 valence electrons. The largest absolute Gasteiger partial charge is 0.369 e. The Hall–Kier alpha value is -2.84. The van der Waals surface area contributed by atoms with Crippen molar-refractivity contribution in [2.75, 3.05) is 43.6 Å². The summed E-state index contributed by atoms with van der Waals surface area (Å²) in [7, 11) is -7.33. The molecule has 35 heavy (non-hydrogen) atoms. The van der Waals surface area contributed by atoms with E-state index in [-0.39, 0.29) is 5.82 Å². The Morgan fingerprint density at radius 3 is 1.91 bits per heavy atom. The summed E-state index contributed by atoms with van der Waals surface area (Å²) < 4.78 is 64.8. The Morgan fingerprint density at radius 1 is 0.886 bits per heavy atom. The van der Waals surface area contributed by atoms with Gasteiger partial charge in [0.15, 0.2) is 0 Å². The lowest BCUT2D eigenvalue weighted by molar-refractivity contribution is 0.247. The molecule has 3 aromatic rings. The number of halogens is 1. The standard InChI is InChI=1S/C20H21FN4.2CH4O3S/c21-17-6-8-19(9-7-17)25-12-10-24(11-13-25)15-18-14-22-20(23-18)16-4-2-1-3-5-16;2*1-5(2,3)4/h1-9,14H,10-13,15H2,(H,22,23);2*1H3,(H,2,3,4). The van der Waals surface area contributed by atoms with Crippen molar-refractivity contribution in [3.8, 4) is 11.4 Å². The van der Waals surface area contributed by atoms with Crippen LogP contribution in [-0.2, 0) is 26.8 Å². The van der Waals surface area contributed by atoms with Crippen molar-refractivity contribution in [2.24, 2.45) is 0 Å². The second kappa shape index (κ2) is 12.7. The zero-order chi connectivity index (χ0) is 26.1. The average Bonchev–Trinajstić information content (AvgIpc) is 3.22. The van der Waals surface area contributed by atoms with Gasteiger partial charge in [0.1, 0.15) is 11.6 Å². The van der Waals surface area contributed by atoms with E-state index in [1.165, 1.54) is 12.1 Å². The number of hydrogen-bond donors (Lipinski definition) is 3. The molecule has 0 bridgehead atoms. The minimum Gasteiger partial charge on any atom is -0.369 e. The lowest BCUT2D eigenvalue weighted by Gasteiger charge is -2.35. The third-order valence-corrected chi connectivity index (χ3v) is 4.63. The fourth-order valence-corrected chi connectivity index (χ4v) is 3.24. The van der Waals surface area contributed by atoms with Crippen LogP contribution in [-0.4, -0.2) is 79.5 Å². The minimum atomic E-state index is -3.67. The Bertz CT molecular complexity index is 1210. The van der Waals surface area contributed by atoms with Gasteiger partial charge < -0.3 is 9.88 Å². The molecule has 1 aromatic heterocycles. The van der Waals surface area contributed by atoms with Gasteiger partial charge in [-0.1, -0.05) is 30.3 Å². The first-order valence-corrected chi connectivity index (χ1v) is 14.1. The molecule has 0 radical (unpaired) electrons. The number of H-pyrrole nitrogens is 1. The SMILES string of the molecule is CS(=O)(=O)O.CS(=O)(=O)O.Fc1ccc(N2CCN(Cc3cnc(-c4ccccc4)[nH]3)CC2)cc1. The van der Waals surface area contributed by atoms with Gasteiger partial charge in [-0.25, -0.2) is 9.37 Å². The van der Waals surface area contributed by atoms with Crippen molar-refractivity contribution in [3.05, 3.63) is 72.3 Å². The molecule has 1 fully saturated rings. The van der Waals surface area contributed by atoms with Crippen molar-refractivity contribution in [1.82, 2.24) is 14.9 Å². The van der Waals surface area contributed by atoms with E-state index in [1.807, 2.05) is 36.5 Å². The zero-order valence-corrected chi connectivity index (χ0v) is 21.0. The van der Waals surface area contributed by atoms with E-state index >= 15 is 0 Å². The van der Waals surface area contributed by atoms with Crippen LogP contribution in [0.5, 0.6) is 0 Å². The van der Waals surface area contributed by atoms with Gasteiger partial charge in [0.2, 0.25) is 0 Å². The lowest BCUT2D eigenvalue weighted by Crippen LogP contribution is -2.46. The maximum atomic E-state index is 13.0. The van der Waals surface area contributed by atoms with Crippen LogP contribution in [0.2, 0.25) is 0 Å². The highest BCUT2D eigenvalue weighted by Crippen LogP contribution is 2.19. The van der Waals surface area contributed by atoms with Crippen molar-refractivity contribution in [3.63, 3.8) is 0 Å². The van der Waals surface area contributed by atoms with E-state index in [9.17, 15) is 21.2 Å². The molecular weight excluding hydrogens is 499 g/mol. The van der Waals surface area contributed by atoms with Gasteiger partial charge in [0.05, 0.1) is 12.5 Å². The summed E-state index contributed by atoms with van der Waals surface area (Å²) in [5, 5.41) is 0. The predicted octanol–water partition coefficient (Wildman–Crippen LogP) is 2.55. The van der Waals surface area contributed by atoms with Gasteiger partial charge in [-0.05, 0) is 24.3 Å². The predicted molar refractivity (Wildman–Crippen MR) is 133 cm³/mol. The van der Waals surface area contributed by atoms with Crippen molar-refractivity contribution < 1.29 is 30.3 Å². The van der Waals surface area contributed by atoms with Crippen LogP contribution in [0.4, 0.5) is 10.1 Å². The van der Waals surface area contributed by atoms with Crippen LogP contribution in [0.25, 0.3) is 11.4 Å². The number of piperazine rings is 1. The number of anilines is 1. The van der Waals surface area contributed by atoms with E-state index in [4.69, 9.17) is 9.11 Å². The van der Waals surface area contributed by atoms with Gasteiger partial charge in [0.25, 0.3) is 20.2 Å². The average molecular weight is 529 g/mol. The van der Waals surface area contributed by atoms with E-state index in [2.05, 4.69) is 31.9 Å². The first-order valence-electron chi connectivity index (χ1n) is 10.4. The van der Waals surface area contributed by atoms with Crippen LogP contribution < -0.4 is 4.90 Å². The smallest absolute Gasteiger partial charge is 0.261 e. The highest BCUT2D eigenvalue weighted by atomic mass is 32.2. The number of nitrogens with zero attached hydrogens (tertiary/aromatic N) is 3. The van der Waals surface area contributed by atoms with E-state index < -0.39 is 20.2 Å². The molecule has 0 atom stereocenters. The molecular formula is C22H29FN4O6S2. The highest BCUT2D eigenvalue weighted by molar-refractivity contribution is 7.85. The van der Waals surface area contributed by atoms with Crippen LogP contribution in [0.15, 0.2) is 60.8 Å². The monoisotopic (exact) mass is 528 g/mol. The molecule has 10 nitrogen and oxygen atoms in total. The molecule has 0 saturated carbocycles.